The first-order chi connectivity index (χ1) is 10.8. The number of nitrogens with zero attached hydrogens (tertiary/aromatic N) is 2. The van der Waals surface area contributed by atoms with Gasteiger partial charge in [-0.05, 0) is 18.1 Å². The standard InChI is InChI=1S/C16H20N4OS/c1-2-3-11-17-15(21)12-22-16-18-14(19-20-16)10-9-13-7-5-4-6-8-13/h4-10H,2-3,11-12H2,1H3,(H,17,21)(H,18,19,20)/b10-9+. The van der Waals surface area contributed by atoms with Crippen LogP contribution in [0.1, 0.15) is 31.2 Å². The predicted molar refractivity (Wildman–Crippen MR) is 90.4 cm³/mol. The quantitative estimate of drug-likeness (QED) is 0.580. The number of hydrogen-bond acceptors (Lipinski definition) is 4. The van der Waals surface area contributed by atoms with E-state index in [1.54, 1.807) is 0 Å². The molecule has 1 aromatic carbocycles. The van der Waals surface area contributed by atoms with Crippen molar-refractivity contribution in [2.24, 2.45) is 0 Å². The molecule has 0 radical (unpaired) electrons. The lowest BCUT2D eigenvalue weighted by Gasteiger charge is -2.01. The van der Waals surface area contributed by atoms with Crippen LogP contribution in [0.2, 0.25) is 0 Å². The second-order valence-corrected chi connectivity index (χ2v) is 5.68. The van der Waals surface area contributed by atoms with E-state index in [0.29, 0.717) is 16.7 Å². The maximum absolute atomic E-state index is 11.6. The van der Waals surface area contributed by atoms with Gasteiger partial charge in [-0.25, -0.2) is 4.98 Å². The maximum Gasteiger partial charge on any atom is 0.230 e. The molecule has 5 nitrogen and oxygen atoms in total. The Morgan fingerprint density at radius 3 is 2.91 bits per heavy atom. The van der Waals surface area contributed by atoms with E-state index < -0.39 is 0 Å². The minimum absolute atomic E-state index is 0.0182. The summed E-state index contributed by atoms with van der Waals surface area (Å²) in [5.41, 5.74) is 1.10. The van der Waals surface area contributed by atoms with E-state index in [9.17, 15) is 4.79 Å². The topological polar surface area (TPSA) is 70.7 Å². The van der Waals surface area contributed by atoms with Crippen LogP contribution >= 0.6 is 11.8 Å². The number of rotatable bonds is 8. The molecule has 1 heterocycles. The summed E-state index contributed by atoms with van der Waals surface area (Å²) < 4.78 is 0. The van der Waals surface area contributed by atoms with Crippen LogP contribution in [0.15, 0.2) is 35.5 Å². The van der Waals surface area contributed by atoms with Gasteiger partial charge in [0.05, 0.1) is 5.75 Å². The Kier molecular flexibility index (Phi) is 6.70. The summed E-state index contributed by atoms with van der Waals surface area (Å²) in [5, 5.41) is 10.4. The average Bonchev–Trinajstić information content (AvgIpc) is 3.00. The number of carbonyl (C=O) groups is 1. The molecule has 0 saturated carbocycles. The second kappa shape index (κ2) is 9.04. The molecule has 2 aromatic rings. The first kappa shape index (κ1) is 16.3. The Bertz CT molecular complexity index is 610. The molecule has 2 N–H and O–H groups in total. The zero-order valence-corrected chi connectivity index (χ0v) is 13.4. The third-order valence-electron chi connectivity index (χ3n) is 2.90. The van der Waals surface area contributed by atoms with E-state index in [-0.39, 0.29) is 5.91 Å². The number of carbonyl (C=O) groups excluding carboxylic acids is 1. The van der Waals surface area contributed by atoms with Crippen molar-refractivity contribution in [3.05, 3.63) is 41.7 Å². The summed E-state index contributed by atoms with van der Waals surface area (Å²) in [6.07, 6.45) is 5.91. The van der Waals surface area contributed by atoms with Crippen LogP contribution in [-0.2, 0) is 4.79 Å². The minimum Gasteiger partial charge on any atom is -0.355 e. The molecule has 1 amide bonds. The van der Waals surface area contributed by atoms with Crippen LogP contribution in [0.25, 0.3) is 12.2 Å². The van der Waals surface area contributed by atoms with Gasteiger partial charge in [0.25, 0.3) is 0 Å². The average molecular weight is 316 g/mol. The van der Waals surface area contributed by atoms with Crippen LogP contribution in [0.4, 0.5) is 0 Å². The smallest absolute Gasteiger partial charge is 0.230 e. The predicted octanol–water partition coefficient (Wildman–Crippen LogP) is 2.98. The Hall–Kier alpha value is -2.08. The van der Waals surface area contributed by atoms with E-state index in [4.69, 9.17) is 0 Å². The van der Waals surface area contributed by atoms with Gasteiger partial charge in [0.2, 0.25) is 11.1 Å². The number of benzene rings is 1. The van der Waals surface area contributed by atoms with E-state index in [2.05, 4.69) is 27.4 Å². The molecule has 0 bridgehead atoms. The molecule has 0 aliphatic carbocycles. The number of aromatic amines is 1. The van der Waals surface area contributed by atoms with Crippen molar-refractivity contribution in [2.75, 3.05) is 12.3 Å². The highest BCUT2D eigenvalue weighted by molar-refractivity contribution is 7.99. The summed E-state index contributed by atoms with van der Waals surface area (Å²) in [4.78, 5) is 15.9. The van der Waals surface area contributed by atoms with E-state index in [1.165, 1.54) is 11.8 Å². The number of unbranched alkanes of at least 4 members (excludes halogenated alkanes) is 1. The van der Waals surface area contributed by atoms with E-state index in [0.717, 1.165) is 24.9 Å². The van der Waals surface area contributed by atoms with Crippen molar-refractivity contribution in [2.45, 2.75) is 24.9 Å². The highest BCUT2D eigenvalue weighted by atomic mass is 32.2. The summed E-state index contributed by atoms with van der Waals surface area (Å²) in [7, 11) is 0. The number of aromatic nitrogens is 3. The van der Waals surface area contributed by atoms with Crippen LogP contribution in [0.5, 0.6) is 0 Å². The normalized spacial score (nSPS) is 11.0. The second-order valence-electron chi connectivity index (χ2n) is 4.74. The highest BCUT2D eigenvalue weighted by Gasteiger charge is 2.06. The Morgan fingerprint density at radius 2 is 2.14 bits per heavy atom. The van der Waals surface area contributed by atoms with Gasteiger partial charge >= 0.3 is 0 Å². The Balaban J connectivity index is 1.79. The minimum atomic E-state index is 0.0182. The van der Waals surface area contributed by atoms with Crippen LogP contribution in [0.3, 0.4) is 0 Å². The van der Waals surface area contributed by atoms with Crippen LogP contribution in [-0.4, -0.2) is 33.4 Å². The third kappa shape index (κ3) is 5.73. The molecule has 6 heteroatoms. The van der Waals surface area contributed by atoms with Crippen molar-refractivity contribution in [3.8, 4) is 0 Å². The molecule has 0 saturated heterocycles. The number of amides is 1. The molecule has 0 atom stereocenters. The fourth-order valence-corrected chi connectivity index (χ4v) is 2.36. The molecule has 0 aliphatic heterocycles. The highest BCUT2D eigenvalue weighted by Crippen LogP contribution is 2.13. The summed E-state index contributed by atoms with van der Waals surface area (Å²) in [5.74, 6) is 1.03. The van der Waals surface area contributed by atoms with Gasteiger partial charge in [-0.2, -0.15) is 0 Å². The van der Waals surface area contributed by atoms with Gasteiger partial charge in [0.1, 0.15) is 5.82 Å². The lowest BCUT2D eigenvalue weighted by Crippen LogP contribution is -2.26. The number of nitrogens with one attached hydrogen (secondary N) is 2. The summed E-state index contributed by atoms with van der Waals surface area (Å²) >= 11 is 1.33. The zero-order chi connectivity index (χ0) is 15.6. The molecule has 0 unspecified atom stereocenters. The molecule has 0 spiro atoms. The SMILES string of the molecule is CCCCNC(=O)CSc1n[nH]c(/C=C/c2ccccc2)n1. The first-order valence-corrected chi connectivity index (χ1v) is 8.31. The molecular weight excluding hydrogens is 296 g/mol. The van der Waals surface area contributed by atoms with Crippen molar-refractivity contribution in [1.29, 1.82) is 0 Å². The molecule has 116 valence electrons. The van der Waals surface area contributed by atoms with Gasteiger partial charge in [-0.1, -0.05) is 61.5 Å². The van der Waals surface area contributed by atoms with Gasteiger partial charge in [0, 0.05) is 6.54 Å². The molecular formula is C16H20N4OS. The van der Waals surface area contributed by atoms with Gasteiger partial charge in [-0.3, -0.25) is 9.89 Å². The van der Waals surface area contributed by atoms with Crippen LogP contribution in [0, 0.1) is 0 Å². The first-order valence-electron chi connectivity index (χ1n) is 7.33. The van der Waals surface area contributed by atoms with Crippen molar-refractivity contribution in [3.63, 3.8) is 0 Å². The van der Waals surface area contributed by atoms with Gasteiger partial charge in [0.15, 0.2) is 0 Å². The van der Waals surface area contributed by atoms with E-state index in [1.807, 2.05) is 42.5 Å². The largest absolute Gasteiger partial charge is 0.355 e. The lowest BCUT2D eigenvalue weighted by molar-refractivity contribution is -0.118. The summed E-state index contributed by atoms with van der Waals surface area (Å²) in [6.45, 7) is 2.83. The monoisotopic (exact) mass is 316 g/mol. The lowest BCUT2D eigenvalue weighted by atomic mass is 10.2. The fraction of sp³-hybridized carbons (Fsp3) is 0.312. The maximum atomic E-state index is 11.6. The Morgan fingerprint density at radius 1 is 1.32 bits per heavy atom. The van der Waals surface area contributed by atoms with Gasteiger partial charge < -0.3 is 5.32 Å². The zero-order valence-electron chi connectivity index (χ0n) is 12.6. The number of thioether (sulfide) groups is 1. The van der Waals surface area contributed by atoms with Crippen LogP contribution < -0.4 is 5.32 Å². The van der Waals surface area contributed by atoms with Crippen molar-refractivity contribution < 1.29 is 4.79 Å². The molecule has 0 aliphatic rings. The number of H-pyrrole nitrogens is 1. The van der Waals surface area contributed by atoms with Gasteiger partial charge in [-0.15, -0.1) is 5.10 Å². The number of hydrogen-bond donors (Lipinski definition) is 2. The van der Waals surface area contributed by atoms with E-state index >= 15 is 0 Å². The van der Waals surface area contributed by atoms with Crippen molar-refractivity contribution in [1.82, 2.24) is 20.5 Å². The molecule has 0 fully saturated rings. The van der Waals surface area contributed by atoms with Crippen molar-refractivity contribution >= 4 is 29.8 Å². The Labute approximate surface area is 134 Å². The molecule has 2 rings (SSSR count). The summed E-state index contributed by atoms with van der Waals surface area (Å²) in [6, 6.07) is 9.98. The third-order valence-corrected chi connectivity index (χ3v) is 3.75. The molecule has 22 heavy (non-hydrogen) atoms. The fourth-order valence-electron chi connectivity index (χ4n) is 1.72. The molecule has 1 aromatic heterocycles.